The molecule has 1 N–H and O–H groups in total. The molecule has 0 amide bonds. The second-order valence-electron chi connectivity index (χ2n) is 5.74. The van der Waals surface area contributed by atoms with Crippen LogP contribution in [-0.4, -0.2) is 39.9 Å². The first-order valence-corrected chi connectivity index (χ1v) is 7.65. The van der Waals surface area contributed by atoms with E-state index in [2.05, 4.69) is 47.3 Å². The molecule has 2 heterocycles. The van der Waals surface area contributed by atoms with Crippen LogP contribution in [0.4, 0.5) is 5.13 Å². The Morgan fingerprint density at radius 3 is 2.72 bits per heavy atom. The van der Waals surface area contributed by atoms with Crippen LogP contribution in [0.2, 0.25) is 0 Å². The summed E-state index contributed by atoms with van der Waals surface area (Å²) in [7, 11) is 0. The SMILES string of the molecule is CC(C)c1nsc(NCC2CCN(C(C)C)C2)n1. The van der Waals surface area contributed by atoms with Gasteiger partial charge in [0.15, 0.2) is 0 Å². The molecule has 1 fully saturated rings. The van der Waals surface area contributed by atoms with Gasteiger partial charge < -0.3 is 10.2 Å². The van der Waals surface area contributed by atoms with Crippen LogP contribution in [-0.2, 0) is 0 Å². The maximum absolute atomic E-state index is 4.51. The van der Waals surface area contributed by atoms with Crippen molar-refractivity contribution in [2.75, 3.05) is 25.0 Å². The normalized spacial score (nSPS) is 21.1. The van der Waals surface area contributed by atoms with E-state index < -0.39 is 0 Å². The molecule has 1 atom stereocenters. The zero-order valence-corrected chi connectivity index (χ0v) is 12.6. The molecule has 0 aromatic carbocycles. The zero-order chi connectivity index (χ0) is 13.1. The molecule has 5 heteroatoms. The molecule has 0 aliphatic carbocycles. The quantitative estimate of drug-likeness (QED) is 0.891. The van der Waals surface area contributed by atoms with E-state index in [0.717, 1.165) is 23.4 Å². The Morgan fingerprint density at radius 1 is 1.39 bits per heavy atom. The van der Waals surface area contributed by atoms with Crippen LogP contribution >= 0.6 is 11.5 Å². The Bertz CT molecular complexity index is 375. The summed E-state index contributed by atoms with van der Waals surface area (Å²) in [4.78, 5) is 7.06. The fourth-order valence-corrected chi connectivity index (χ4v) is 2.98. The Labute approximate surface area is 114 Å². The summed E-state index contributed by atoms with van der Waals surface area (Å²) in [5, 5.41) is 4.41. The van der Waals surface area contributed by atoms with Crippen molar-refractivity contribution in [1.29, 1.82) is 0 Å². The molecule has 1 aliphatic heterocycles. The van der Waals surface area contributed by atoms with Gasteiger partial charge in [-0.25, -0.2) is 4.98 Å². The highest BCUT2D eigenvalue weighted by atomic mass is 32.1. The van der Waals surface area contributed by atoms with Crippen molar-refractivity contribution in [3.63, 3.8) is 0 Å². The van der Waals surface area contributed by atoms with E-state index in [1.807, 2.05) is 0 Å². The van der Waals surface area contributed by atoms with Crippen LogP contribution < -0.4 is 5.32 Å². The molecule has 0 saturated carbocycles. The number of rotatable bonds is 5. The second-order valence-corrected chi connectivity index (χ2v) is 6.49. The van der Waals surface area contributed by atoms with Gasteiger partial charge in [-0.2, -0.15) is 4.37 Å². The van der Waals surface area contributed by atoms with Crippen LogP contribution in [0.3, 0.4) is 0 Å². The molecule has 1 aromatic rings. The van der Waals surface area contributed by atoms with Crippen molar-refractivity contribution >= 4 is 16.7 Å². The fourth-order valence-electron chi connectivity index (χ4n) is 2.27. The molecule has 2 rings (SSSR count). The molecule has 4 nitrogen and oxygen atoms in total. The van der Waals surface area contributed by atoms with E-state index >= 15 is 0 Å². The number of nitrogens with zero attached hydrogens (tertiary/aromatic N) is 3. The van der Waals surface area contributed by atoms with Crippen molar-refractivity contribution in [1.82, 2.24) is 14.3 Å². The first-order chi connectivity index (χ1) is 8.56. The maximum atomic E-state index is 4.51. The van der Waals surface area contributed by atoms with Crippen molar-refractivity contribution in [3.8, 4) is 0 Å². The summed E-state index contributed by atoms with van der Waals surface area (Å²) >= 11 is 1.48. The lowest BCUT2D eigenvalue weighted by atomic mass is 10.1. The predicted octanol–water partition coefficient (Wildman–Crippen LogP) is 2.80. The van der Waals surface area contributed by atoms with Gasteiger partial charge in [-0.15, -0.1) is 0 Å². The van der Waals surface area contributed by atoms with Crippen LogP contribution in [0, 0.1) is 5.92 Å². The summed E-state index contributed by atoms with van der Waals surface area (Å²) in [5.41, 5.74) is 0. The third-order valence-corrected chi connectivity index (χ3v) is 4.23. The van der Waals surface area contributed by atoms with E-state index in [4.69, 9.17) is 0 Å². The number of hydrogen-bond acceptors (Lipinski definition) is 5. The van der Waals surface area contributed by atoms with Gasteiger partial charge in [0.2, 0.25) is 5.13 Å². The predicted molar refractivity (Wildman–Crippen MR) is 77.3 cm³/mol. The van der Waals surface area contributed by atoms with Crippen LogP contribution in [0.25, 0.3) is 0 Å². The molecule has 1 aromatic heterocycles. The smallest absolute Gasteiger partial charge is 0.202 e. The molecule has 0 spiro atoms. The summed E-state index contributed by atoms with van der Waals surface area (Å²) in [6.45, 7) is 12.3. The molecular formula is C13H24N4S. The average molecular weight is 268 g/mol. The van der Waals surface area contributed by atoms with Crippen molar-refractivity contribution in [2.24, 2.45) is 5.92 Å². The molecule has 1 aliphatic rings. The molecule has 0 bridgehead atoms. The number of hydrogen-bond donors (Lipinski definition) is 1. The Balaban J connectivity index is 1.78. The highest BCUT2D eigenvalue weighted by molar-refractivity contribution is 7.09. The van der Waals surface area contributed by atoms with Gasteiger partial charge >= 0.3 is 0 Å². The third-order valence-electron chi connectivity index (χ3n) is 3.55. The van der Waals surface area contributed by atoms with Crippen LogP contribution in [0.15, 0.2) is 0 Å². The Hall–Kier alpha value is -0.680. The molecule has 1 unspecified atom stereocenters. The average Bonchev–Trinajstić information content (AvgIpc) is 2.95. The van der Waals surface area contributed by atoms with E-state index in [-0.39, 0.29) is 0 Å². The first kappa shape index (κ1) is 13.7. The van der Waals surface area contributed by atoms with Crippen molar-refractivity contribution in [2.45, 2.75) is 46.1 Å². The van der Waals surface area contributed by atoms with Crippen molar-refractivity contribution < 1.29 is 0 Å². The number of aromatic nitrogens is 2. The lowest BCUT2D eigenvalue weighted by Gasteiger charge is -2.20. The van der Waals surface area contributed by atoms with E-state index in [1.54, 1.807) is 0 Å². The minimum absolute atomic E-state index is 0.416. The topological polar surface area (TPSA) is 41.1 Å². The minimum atomic E-state index is 0.416. The number of likely N-dealkylation sites (tertiary alicyclic amines) is 1. The van der Waals surface area contributed by atoms with Gasteiger partial charge in [0.25, 0.3) is 0 Å². The van der Waals surface area contributed by atoms with E-state index in [0.29, 0.717) is 12.0 Å². The monoisotopic (exact) mass is 268 g/mol. The van der Waals surface area contributed by atoms with Gasteiger partial charge in [0.1, 0.15) is 5.82 Å². The van der Waals surface area contributed by atoms with Gasteiger partial charge in [-0.1, -0.05) is 13.8 Å². The largest absolute Gasteiger partial charge is 0.360 e. The lowest BCUT2D eigenvalue weighted by molar-refractivity contribution is 0.266. The molecular weight excluding hydrogens is 244 g/mol. The zero-order valence-electron chi connectivity index (χ0n) is 11.8. The molecule has 1 saturated heterocycles. The van der Waals surface area contributed by atoms with Gasteiger partial charge in [-0.3, -0.25) is 0 Å². The second kappa shape index (κ2) is 5.97. The Morgan fingerprint density at radius 2 is 2.17 bits per heavy atom. The molecule has 18 heavy (non-hydrogen) atoms. The van der Waals surface area contributed by atoms with Crippen LogP contribution in [0.1, 0.15) is 45.9 Å². The number of anilines is 1. The first-order valence-electron chi connectivity index (χ1n) is 6.87. The van der Waals surface area contributed by atoms with Crippen molar-refractivity contribution in [3.05, 3.63) is 5.82 Å². The van der Waals surface area contributed by atoms with Crippen LogP contribution in [0.5, 0.6) is 0 Å². The minimum Gasteiger partial charge on any atom is -0.360 e. The van der Waals surface area contributed by atoms with E-state index in [9.17, 15) is 0 Å². The summed E-state index contributed by atoms with van der Waals surface area (Å²) in [6, 6.07) is 0.670. The maximum Gasteiger partial charge on any atom is 0.202 e. The van der Waals surface area contributed by atoms with Gasteiger partial charge in [0, 0.05) is 36.6 Å². The van der Waals surface area contributed by atoms with Gasteiger partial charge in [0.05, 0.1) is 0 Å². The summed E-state index contributed by atoms with van der Waals surface area (Å²) in [5.74, 6) is 2.12. The fraction of sp³-hybridized carbons (Fsp3) is 0.846. The standard InChI is InChI=1S/C13H24N4S/c1-9(2)12-15-13(18-16-12)14-7-11-5-6-17(8-11)10(3)4/h9-11H,5-8H2,1-4H3,(H,14,15,16). The summed E-state index contributed by atoms with van der Waals surface area (Å²) < 4.78 is 4.36. The molecule has 0 radical (unpaired) electrons. The van der Waals surface area contributed by atoms with Gasteiger partial charge in [-0.05, 0) is 32.7 Å². The third kappa shape index (κ3) is 3.42. The highest BCUT2D eigenvalue weighted by Crippen LogP contribution is 2.21. The number of nitrogens with one attached hydrogen (secondary N) is 1. The molecule has 102 valence electrons. The van der Waals surface area contributed by atoms with E-state index in [1.165, 1.54) is 31.0 Å². The highest BCUT2D eigenvalue weighted by Gasteiger charge is 2.24. The summed E-state index contributed by atoms with van der Waals surface area (Å²) in [6.07, 6.45) is 1.29. The Kier molecular flexibility index (Phi) is 4.56. The lowest BCUT2D eigenvalue weighted by Crippen LogP contribution is -2.29.